The summed E-state index contributed by atoms with van der Waals surface area (Å²) in [5.74, 6) is 1.26. The second-order valence-electron chi connectivity index (χ2n) is 14.2. The van der Waals surface area contributed by atoms with Crippen LogP contribution in [-0.2, 0) is 10.2 Å². The van der Waals surface area contributed by atoms with Crippen LogP contribution in [0.15, 0.2) is 30.0 Å². The summed E-state index contributed by atoms with van der Waals surface area (Å²) in [5.41, 5.74) is 12.1. The smallest absolute Gasteiger partial charge is 0.186 e. The molecule has 3 saturated carbocycles. The number of carbonyl (C=O) groups excluding carboxylic acids is 1. The summed E-state index contributed by atoms with van der Waals surface area (Å²) in [6.45, 7) is 20.2. The third-order valence-electron chi connectivity index (χ3n) is 12.3. The normalized spacial score (nSPS) is 41.6. The molecule has 208 valence electrons. The Bertz CT molecular complexity index is 1250. The molecule has 0 bridgehead atoms. The molecule has 7 atom stereocenters. The number of ether oxygens (including phenoxy) is 1. The molecule has 1 aromatic carbocycles. The average molecular weight is 538 g/mol. The molecule has 3 N–H and O–H groups in total. The van der Waals surface area contributed by atoms with E-state index in [0.29, 0.717) is 17.1 Å². The van der Waals surface area contributed by atoms with E-state index in [2.05, 4.69) is 53.3 Å². The van der Waals surface area contributed by atoms with E-state index < -0.39 is 0 Å². The highest BCUT2D eigenvalue weighted by atomic mass is 32.2. The second kappa shape index (κ2) is 8.56. The standard InChI is InChI=1S/C33H47NO3S/c1-19-27-22(16-23(37-9)28(19)36)31(6)13-15-33(8)26-18-30(5,20(2)34)11-10-29(26,4)12-14-32(33,7)25(31)17-24(27)38-21(3)35/h16-17,24,26,36H,2,10-15,18,34H2,1,3-9H3/t24?,26-,29-,30-,31+,32-,33+/m1/s1. The number of rotatable bonds is 3. The minimum Gasteiger partial charge on any atom is -0.504 e. The Morgan fingerprint density at radius 2 is 1.76 bits per heavy atom. The van der Waals surface area contributed by atoms with Crippen molar-refractivity contribution in [2.24, 2.45) is 33.3 Å². The lowest BCUT2D eigenvalue weighted by Gasteiger charge is -2.70. The number of hydrogen-bond acceptors (Lipinski definition) is 5. The minimum absolute atomic E-state index is 0.00925. The van der Waals surface area contributed by atoms with Crippen molar-refractivity contribution in [2.45, 2.75) is 104 Å². The van der Waals surface area contributed by atoms with Gasteiger partial charge < -0.3 is 15.6 Å². The zero-order chi connectivity index (χ0) is 28.1. The lowest BCUT2D eigenvalue weighted by atomic mass is 9.34. The monoisotopic (exact) mass is 537 g/mol. The van der Waals surface area contributed by atoms with Crippen LogP contribution in [0.25, 0.3) is 0 Å². The molecule has 5 heteroatoms. The first-order valence-corrected chi connectivity index (χ1v) is 15.2. The van der Waals surface area contributed by atoms with Crippen LogP contribution in [0, 0.1) is 34.5 Å². The molecule has 0 saturated heterocycles. The Hall–Kier alpha value is -1.88. The summed E-state index contributed by atoms with van der Waals surface area (Å²) < 4.78 is 5.65. The van der Waals surface area contributed by atoms with E-state index in [-0.39, 0.29) is 37.8 Å². The molecule has 1 aromatic rings. The lowest BCUT2D eigenvalue weighted by molar-refractivity contribution is -0.154. The SMILES string of the molecule is C=C(N)[C@]1(C)CC[C@]2(C)CC[C@]3(C)C4=CC(SC(C)=O)c5c(cc(OC)c(O)c5C)[C@]4(C)CC[C@@]3(C)[C@@H]2C1. The van der Waals surface area contributed by atoms with Crippen molar-refractivity contribution >= 4 is 16.9 Å². The average Bonchev–Trinajstić information content (AvgIpc) is 2.84. The van der Waals surface area contributed by atoms with Crippen molar-refractivity contribution in [3.05, 3.63) is 46.7 Å². The third kappa shape index (κ3) is 3.52. The molecule has 0 heterocycles. The second-order valence-corrected chi connectivity index (χ2v) is 15.5. The molecule has 0 spiro atoms. The zero-order valence-corrected chi connectivity index (χ0v) is 25.5. The molecule has 38 heavy (non-hydrogen) atoms. The van der Waals surface area contributed by atoms with Crippen LogP contribution in [0.4, 0.5) is 0 Å². The van der Waals surface area contributed by atoms with Gasteiger partial charge in [-0.05, 0) is 96.8 Å². The minimum atomic E-state index is -0.174. The van der Waals surface area contributed by atoms with E-state index in [9.17, 15) is 9.90 Å². The number of aromatic hydroxyl groups is 1. The molecular weight excluding hydrogens is 490 g/mol. The van der Waals surface area contributed by atoms with Crippen LogP contribution in [-0.4, -0.2) is 17.3 Å². The van der Waals surface area contributed by atoms with Crippen LogP contribution in [0.5, 0.6) is 11.5 Å². The van der Waals surface area contributed by atoms with Crippen molar-refractivity contribution in [3.63, 3.8) is 0 Å². The Morgan fingerprint density at radius 1 is 1.11 bits per heavy atom. The van der Waals surface area contributed by atoms with Gasteiger partial charge >= 0.3 is 0 Å². The number of fused-ring (bicyclic) bond motifs is 7. The van der Waals surface area contributed by atoms with Crippen LogP contribution in [0.3, 0.4) is 0 Å². The van der Waals surface area contributed by atoms with E-state index in [1.807, 2.05) is 6.92 Å². The maximum Gasteiger partial charge on any atom is 0.186 e. The van der Waals surface area contributed by atoms with Crippen molar-refractivity contribution in [1.29, 1.82) is 0 Å². The number of allylic oxidation sites excluding steroid dienone is 2. The van der Waals surface area contributed by atoms with Gasteiger partial charge in [0, 0.05) is 23.5 Å². The number of hydrogen-bond donors (Lipinski definition) is 2. The molecule has 0 aliphatic heterocycles. The molecule has 5 rings (SSSR count). The first kappa shape index (κ1) is 27.7. The number of benzene rings is 1. The van der Waals surface area contributed by atoms with Gasteiger partial charge in [-0.1, -0.05) is 64.6 Å². The molecule has 0 amide bonds. The van der Waals surface area contributed by atoms with Crippen LogP contribution in [0.2, 0.25) is 0 Å². The van der Waals surface area contributed by atoms with Gasteiger partial charge in [0.1, 0.15) is 0 Å². The molecule has 4 aliphatic carbocycles. The molecular formula is C33H47NO3S. The van der Waals surface area contributed by atoms with Gasteiger partial charge in [0.2, 0.25) is 0 Å². The topological polar surface area (TPSA) is 72.6 Å². The summed E-state index contributed by atoms with van der Waals surface area (Å²) >= 11 is 1.38. The fourth-order valence-electron chi connectivity index (χ4n) is 9.40. The fourth-order valence-corrected chi connectivity index (χ4v) is 10.4. The van der Waals surface area contributed by atoms with E-state index in [1.165, 1.54) is 35.7 Å². The molecule has 4 aliphatic rings. The predicted molar refractivity (Wildman–Crippen MR) is 157 cm³/mol. The van der Waals surface area contributed by atoms with Gasteiger partial charge in [-0.2, -0.15) is 0 Å². The van der Waals surface area contributed by atoms with Gasteiger partial charge in [-0.25, -0.2) is 0 Å². The van der Waals surface area contributed by atoms with Gasteiger partial charge in [0.05, 0.1) is 12.4 Å². The highest BCUT2D eigenvalue weighted by molar-refractivity contribution is 8.13. The number of methoxy groups -OCH3 is 1. The lowest BCUT2D eigenvalue weighted by Crippen LogP contribution is -2.62. The highest BCUT2D eigenvalue weighted by Crippen LogP contribution is 2.75. The number of nitrogens with two attached hydrogens (primary N) is 1. The highest BCUT2D eigenvalue weighted by Gasteiger charge is 2.67. The van der Waals surface area contributed by atoms with E-state index >= 15 is 0 Å². The zero-order valence-electron chi connectivity index (χ0n) is 24.7. The Morgan fingerprint density at radius 3 is 2.37 bits per heavy atom. The van der Waals surface area contributed by atoms with Gasteiger partial charge in [-0.15, -0.1) is 0 Å². The third-order valence-corrected chi connectivity index (χ3v) is 13.3. The van der Waals surface area contributed by atoms with Gasteiger partial charge in [-0.3, -0.25) is 4.79 Å². The number of thioether (sulfide) groups is 1. The van der Waals surface area contributed by atoms with E-state index in [1.54, 1.807) is 14.0 Å². The molecule has 1 unspecified atom stereocenters. The summed E-state index contributed by atoms with van der Waals surface area (Å²) in [5, 5.41) is 10.9. The number of phenolic OH excluding ortho intramolecular Hbond substituents is 1. The largest absolute Gasteiger partial charge is 0.504 e. The van der Waals surface area contributed by atoms with Gasteiger partial charge in [0.15, 0.2) is 16.6 Å². The van der Waals surface area contributed by atoms with Crippen LogP contribution < -0.4 is 10.5 Å². The Kier molecular flexibility index (Phi) is 6.23. The summed E-state index contributed by atoms with van der Waals surface area (Å²) in [4.78, 5) is 12.5. The molecule has 0 aromatic heterocycles. The van der Waals surface area contributed by atoms with Crippen molar-refractivity contribution in [2.75, 3.05) is 7.11 Å². The summed E-state index contributed by atoms with van der Waals surface area (Å²) in [6.07, 6.45) is 10.4. The predicted octanol–water partition coefficient (Wildman–Crippen LogP) is 8.11. The van der Waals surface area contributed by atoms with Crippen LogP contribution >= 0.6 is 11.8 Å². The quantitative estimate of drug-likeness (QED) is 0.381. The summed E-state index contributed by atoms with van der Waals surface area (Å²) in [6, 6.07) is 2.06. The maximum atomic E-state index is 12.5. The van der Waals surface area contributed by atoms with Crippen molar-refractivity contribution < 1.29 is 14.6 Å². The maximum absolute atomic E-state index is 12.5. The van der Waals surface area contributed by atoms with Gasteiger partial charge in [0.25, 0.3) is 0 Å². The first-order chi connectivity index (χ1) is 17.6. The van der Waals surface area contributed by atoms with Crippen molar-refractivity contribution in [3.8, 4) is 11.5 Å². The van der Waals surface area contributed by atoms with E-state index in [4.69, 9.17) is 10.5 Å². The molecule has 0 radical (unpaired) electrons. The Balaban J connectivity index is 1.70. The Labute approximate surface area is 233 Å². The molecule has 4 nitrogen and oxygen atoms in total. The first-order valence-electron chi connectivity index (χ1n) is 14.3. The molecule has 3 fully saturated rings. The van der Waals surface area contributed by atoms with Crippen LogP contribution in [0.1, 0.15) is 108 Å². The summed E-state index contributed by atoms with van der Waals surface area (Å²) in [7, 11) is 1.62. The van der Waals surface area contributed by atoms with Crippen molar-refractivity contribution in [1.82, 2.24) is 0 Å². The number of carbonyl (C=O) groups is 1. The fraction of sp³-hybridized carbons (Fsp3) is 0.667. The van der Waals surface area contributed by atoms with E-state index in [0.717, 1.165) is 48.9 Å². The number of phenols is 1.